The lowest BCUT2D eigenvalue weighted by atomic mass is 9.87. The van der Waals surface area contributed by atoms with Crippen LogP contribution in [0.2, 0.25) is 0 Å². The molecular formula is C10H14FNO. The van der Waals surface area contributed by atoms with E-state index in [1.807, 2.05) is 13.0 Å². The van der Waals surface area contributed by atoms with Crippen molar-refractivity contribution in [1.82, 2.24) is 5.16 Å². The molecule has 0 saturated heterocycles. The Morgan fingerprint density at radius 3 is 2.46 bits per heavy atom. The fourth-order valence-corrected chi connectivity index (χ4v) is 1.85. The van der Waals surface area contributed by atoms with Crippen LogP contribution in [-0.4, -0.2) is 10.8 Å². The van der Waals surface area contributed by atoms with Crippen molar-refractivity contribution in [2.45, 2.75) is 44.7 Å². The molecule has 0 radical (unpaired) electrons. The highest BCUT2D eigenvalue weighted by Crippen LogP contribution is 2.57. The number of rotatable bonds is 2. The van der Waals surface area contributed by atoms with Gasteiger partial charge >= 0.3 is 0 Å². The van der Waals surface area contributed by atoms with E-state index < -0.39 is 11.1 Å². The van der Waals surface area contributed by atoms with Gasteiger partial charge in [0.05, 0.1) is 11.1 Å². The average molecular weight is 183 g/mol. The molecule has 72 valence electrons. The standard InChI is InChI=1S/C10H14FNO/c1-7-6-8(13-12-7)10(4-5-10)9(2,3)11/h6H,4-5H2,1-3H3. The number of alkyl halides is 1. The lowest BCUT2D eigenvalue weighted by Gasteiger charge is -2.23. The van der Waals surface area contributed by atoms with E-state index in [2.05, 4.69) is 5.16 Å². The van der Waals surface area contributed by atoms with E-state index in [0.717, 1.165) is 18.5 Å². The van der Waals surface area contributed by atoms with Gasteiger partial charge in [-0.2, -0.15) is 0 Å². The van der Waals surface area contributed by atoms with Crippen LogP contribution >= 0.6 is 0 Å². The summed E-state index contributed by atoms with van der Waals surface area (Å²) in [6.45, 7) is 5.07. The van der Waals surface area contributed by atoms with Gasteiger partial charge in [0.2, 0.25) is 0 Å². The lowest BCUT2D eigenvalue weighted by molar-refractivity contribution is 0.134. The van der Waals surface area contributed by atoms with E-state index in [-0.39, 0.29) is 0 Å². The molecular weight excluding hydrogens is 169 g/mol. The third-order valence-electron chi connectivity index (χ3n) is 2.99. The minimum Gasteiger partial charge on any atom is -0.360 e. The van der Waals surface area contributed by atoms with Crippen molar-refractivity contribution in [1.29, 1.82) is 0 Å². The summed E-state index contributed by atoms with van der Waals surface area (Å²) in [4.78, 5) is 0. The summed E-state index contributed by atoms with van der Waals surface area (Å²) in [5.41, 5.74) is -0.779. The molecule has 0 bridgehead atoms. The summed E-state index contributed by atoms with van der Waals surface area (Å²) in [5.74, 6) is 0.706. The van der Waals surface area contributed by atoms with Crippen molar-refractivity contribution in [3.05, 3.63) is 17.5 Å². The van der Waals surface area contributed by atoms with Crippen molar-refractivity contribution < 1.29 is 8.91 Å². The maximum Gasteiger partial charge on any atom is 0.146 e. The Hall–Kier alpha value is -0.860. The Labute approximate surface area is 77.1 Å². The highest BCUT2D eigenvalue weighted by molar-refractivity contribution is 5.28. The molecule has 2 nitrogen and oxygen atoms in total. The third-order valence-corrected chi connectivity index (χ3v) is 2.99. The van der Waals surface area contributed by atoms with Gasteiger partial charge in [-0.1, -0.05) is 5.16 Å². The van der Waals surface area contributed by atoms with Gasteiger partial charge in [-0.25, -0.2) is 4.39 Å². The molecule has 1 aromatic heterocycles. The first-order chi connectivity index (χ1) is 5.96. The maximum atomic E-state index is 13.8. The maximum absolute atomic E-state index is 13.8. The van der Waals surface area contributed by atoms with Crippen LogP contribution in [0.1, 0.15) is 38.1 Å². The van der Waals surface area contributed by atoms with E-state index in [1.165, 1.54) is 0 Å². The van der Waals surface area contributed by atoms with Crippen LogP contribution in [-0.2, 0) is 5.41 Å². The molecule has 1 aliphatic rings. The molecule has 3 heteroatoms. The van der Waals surface area contributed by atoms with Gasteiger partial charge in [0, 0.05) is 6.07 Å². The number of halogens is 1. The summed E-state index contributed by atoms with van der Waals surface area (Å²) in [7, 11) is 0. The highest BCUT2D eigenvalue weighted by Gasteiger charge is 2.59. The molecule has 1 saturated carbocycles. The summed E-state index contributed by atoms with van der Waals surface area (Å²) in [6, 6.07) is 1.84. The summed E-state index contributed by atoms with van der Waals surface area (Å²) in [5, 5.41) is 3.79. The molecule has 0 aromatic carbocycles. The van der Waals surface area contributed by atoms with Crippen LogP contribution < -0.4 is 0 Å². The molecule has 1 heterocycles. The average Bonchev–Trinajstić information content (AvgIpc) is 2.70. The van der Waals surface area contributed by atoms with Crippen LogP contribution in [0.25, 0.3) is 0 Å². The molecule has 0 spiro atoms. The molecule has 13 heavy (non-hydrogen) atoms. The Morgan fingerprint density at radius 2 is 2.15 bits per heavy atom. The molecule has 0 N–H and O–H groups in total. The smallest absolute Gasteiger partial charge is 0.146 e. The second-order valence-corrected chi connectivity index (χ2v) is 4.39. The van der Waals surface area contributed by atoms with Gasteiger partial charge in [-0.05, 0) is 33.6 Å². The van der Waals surface area contributed by atoms with Crippen LogP contribution in [0.4, 0.5) is 4.39 Å². The molecule has 1 aliphatic carbocycles. The molecule has 0 atom stereocenters. The van der Waals surface area contributed by atoms with Gasteiger partial charge in [0.1, 0.15) is 11.4 Å². The van der Waals surface area contributed by atoms with E-state index >= 15 is 0 Å². The summed E-state index contributed by atoms with van der Waals surface area (Å²) < 4.78 is 19.0. The second-order valence-electron chi connectivity index (χ2n) is 4.39. The SMILES string of the molecule is Cc1cc(C2(C(C)(C)F)CC2)on1. The van der Waals surface area contributed by atoms with E-state index in [4.69, 9.17) is 4.52 Å². The number of aryl methyl sites for hydroxylation is 1. The second kappa shape index (κ2) is 2.34. The Kier molecular flexibility index (Phi) is 1.57. The van der Waals surface area contributed by atoms with Gasteiger partial charge in [0.25, 0.3) is 0 Å². The first-order valence-corrected chi connectivity index (χ1v) is 4.58. The number of aromatic nitrogens is 1. The predicted octanol–water partition coefficient (Wildman–Crippen LogP) is 2.76. The zero-order valence-corrected chi connectivity index (χ0v) is 8.22. The first kappa shape index (κ1) is 8.73. The number of hydrogen-bond donors (Lipinski definition) is 0. The van der Waals surface area contributed by atoms with Crippen molar-refractivity contribution in [3.8, 4) is 0 Å². The quantitative estimate of drug-likeness (QED) is 0.704. The fourth-order valence-electron chi connectivity index (χ4n) is 1.85. The van der Waals surface area contributed by atoms with E-state index in [0.29, 0.717) is 5.76 Å². The van der Waals surface area contributed by atoms with E-state index in [1.54, 1.807) is 13.8 Å². The summed E-state index contributed by atoms with van der Waals surface area (Å²) >= 11 is 0. The van der Waals surface area contributed by atoms with Crippen LogP contribution in [0, 0.1) is 6.92 Å². The van der Waals surface area contributed by atoms with Gasteiger partial charge in [-0.15, -0.1) is 0 Å². The molecule has 1 fully saturated rings. The molecule has 1 aromatic rings. The van der Waals surface area contributed by atoms with Crippen molar-refractivity contribution in [2.75, 3.05) is 0 Å². The van der Waals surface area contributed by atoms with Crippen LogP contribution in [0.15, 0.2) is 10.6 Å². The third kappa shape index (κ3) is 1.18. The first-order valence-electron chi connectivity index (χ1n) is 4.58. The van der Waals surface area contributed by atoms with Gasteiger partial charge in [-0.3, -0.25) is 0 Å². The topological polar surface area (TPSA) is 26.0 Å². The minimum absolute atomic E-state index is 0.395. The molecule has 2 rings (SSSR count). The van der Waals surface area contributed by atoms with Crippen LogP contribution in [0.3, 0.4) is 0 Å². The van der Waals surface area contributed by atoms with Crippen molar-refractivity contribution in [3.63, 3.8) is 0 Å². The normalized spacial score (nSPS) is 20.3. The fraction of sp³-hybridized carbons (Fsp3) is 0.700. The molecule has 0 amide bonds. The Bertz CT molecular complexity index is 320. The van der Waals surface area contributed by atoms with Crippen LogP contribution in [0.5, 0.6) is 0 Å². The molecule has 0 unspecified atom stereocenters. The van der Waals surface area contributed by atoms with Crippen molar-refractivity contribution >= 4 is 0 Å². The van der Waals surface area contributed by atoms with Gasteiger partial charge in [0.15, 0.2) is 0 Å². The summed E-state index contributed by atoms with van der Waals surface area (Å²) in [6.07, 6.45) is 1.73. The molecule has 0 aliphatic heterocycles. The Balaban J connectivity index is 2.36. The zero-order chi connectivity index (χ0) is 9.69. The largest absolute Gasteiger partial charge is 0.360 e. The Morgan fingerprint density at radius 1 is 1.54 bits per heavy atom. The predicted molar refractivity (Wildman–Crippen MR) is 47.3 cm³/mol. The monoisotopic (exact) mass is 183 g/mol. The van der Waals surface area contributed by atoms with Crippen molar-refractivity contribution in [2.24, 2.45) is 0 Å². The lowest BCUT2D eigenvalue weighted by Crippen LogP contribution is -2.31. The zero-order valence-electron chi connectivity index (χ0n) is 8.22. The van der Waals surface area contributed by atoms with Gasteiger partial charge < -0.3 is 4.52 Å². The van der Waals surface area contributed by atoms with E-state index in [9.17, 15) is 4.39 Å². The number of hydrogen-bond acceptors (Lipinski definition) is 2. The minimum atomic E-state index is -1.21. The number of nitrogens with zero attached hydrogens (tertiary/aromatic N) is 1. The highest BCUT2D eigenvalue weighted by atomic mass is 19.1.